The molecule has 3 rings (SSSR count). The summed E-state index contributed by atoms with van der Waals surface area (Å²) in [5, 5.41) is 6.48. The average Bonchev–Trinajstić information content (AvgIpc) is 2.49. The van der Waals surface area contributed by atoms with Gasteiger partial charge in [-0.2, -0.15) is 0 Å². The largest absolute Gasteiger partial charge is 0.348 e. The molecule has 108 valence electrons. The van der Waals surface area contributed by atoms with E-state index in [0.717, 1.165) is 19.4 Å². The minimum absolute atomic E-state index is 0.0770. The zero-order valence-corrected chi connectivity index (χ0v) is 12.0. The number of benzene rings is 2. The molecule has 0 aliphatic carbocycles. The highest BCUT2D eigenvalue weighted by atomic mass is 16.2. The summed E-state index contributed by atoms with van der Waals surface area (Å²) in [7, 11) is 0. The van der Waals surface area contributed by atoms with Crippen molar-refractivity contribution in [1.82, 2.24) is 10.6 Å². The Kier molecular flexibility index (Phi) is 4.02. The van der Waals surface area contributed by atoms with Gasteiger partial charge in [-0.25, -0.2) is 0 Å². The molecule has 0 atom stereocenters. The molecule has 0 saturated carbocycles. The molecule has 0 aromatic heterocycles. The lowest BCUT2D eigenvalue weighted by Crippen LogP contribution is -2.64. The summed E-state index contributed by atoms with van der Waals surface area (Å²) < 4.78 is 0. The molecule has 1 saturated heterocycles. The van der Waals surface area contributed by atoms with Crippen LogP contribution in [0.25, 0.3) is 0 Å². The van der Waals surface area contributed by atoms with Crippen LogP contribution in [0.15, 0.2) is 60.7 Å². The fourth-order valence-electron chi connectivity index (χ4n) is 3.05. The van der Waals surface area contributed by atoms with Gasteiger partial charge in [0, 0.05) is 6.54 Å². The third-order valence-electron chi connectivity index (χ3n) is 3.92. The molecule has 3 nitrogen and oxygen atoms in total. The molecule has 1 amide bonds. The van der Waals surface area contributed by atoms with Gasteiger partial charge < -0.3 is 10.6 Å². The Labute approximate surface area is 125 Å². The van der Waals surface area contributed by atoms with Crippen LogP contribution in [0.2, 0.25) is 0 Å². The Morgan fingerprint density at radius 3 is 1.86 bits per heavy atom. The molecule has 3 heteroatoms. The third kappa shape index (κ3) is 3.50. The van der Waals surface area contributed by atoms with Gasteiger partial charge in [-0.05, 0) is 24.0 Å². The second-order valence-corrected chi connectivity index (χ2v) is 5.76. The van der Waals surface area contributed by atoms with Crippen molar-refractivity contribution in [3.05, 3.63) is 71.8 Å². The smallest absolute Gasteiger partial charge is 0.234 e. The number of hydrogen-bond donors (Lipinski definition) is 2. The second-order valence-electron chi connectivity index (χ2n) is 5.76. The number of hydrogen-bond acceptors (Lipinski definition) is 2. The van der Waals surface area contributed by atoms with Crippen molar-refractivity contribution in [2.24, 2.45) is 0 Å². The van der Waals surface area contributed by atoms with Gasteiger partial charge >= 0.3 is 0 Å². The van der Waals surface area contributed by atoms with Crippen LogP contribution in [0, 0.1) is 0 Å². The topological polar surface area (TPSA) is 41.1 Å². The standard InChI is InChI=1S/C18H20N2O/c21-17-13-19-14-18(20-17,11-15-7-3-1-4-8-15)12-16-9-5-2-6-10-16/h1-10,19H,11-14H2,(H,20,21). The molecule has 0 radical (unpaired) electrons. The van der Waals surface area contributed by atoms with Crippen LogP contribution in [0.1, 0.15) is 11.1 Å². The number of amides is 1. The molecular weight excluding hydrogens is 260 g/mol. The van der Waals surface area contributed by atoms with Gasteiger partial charge in [0.25, 0.3) is 0 Å². The van der Waals surface area contributed by atoms with E-state index in [4.69, 9.17) is 0 Å². The maximum atomic E-state index is 11.9. The van der Waals surface area contributed by atoms with Gasteiger partial charge in [0.1, 0.15) is 0 Å². The second kappa shape index (κ2) is 6.10. The Hall–Kier alpha value is -2.13. The van der Waals surface area contributed by atoms with Crippen molar-refractivity contribution in [2.45, 2.75) is 18.4 Å². The van der Waals surface area contributed by atoms with E-state index in [2.05, 4.69) is 34.9 Å². The number of carbonyl (C=O) groups is 1. The Balaban J connectivity index is 1.85. The predicted octanol–water partition coefficient (Wildman–Crippen LogP) is 1.93. The van der Waals surface area contributed by atoms with Gasteiger partial charge in [0.05, 0.1) is 12.1 Å². The molecule has 2 aromatic rings. The lowest BCUT2D eigenvalue weighted by molar-refractivity contribution is -0.123. The molecule has 0 unspecified atom stereocenters. The van der Waals surface area contributed by atoms with E-state index in [1.807, 2.05) is 36.4 Å². The maximum Gasteiger partial charge on any atom is 0.234 e. The summed E-state index contributed by atoms with van der Waals surface area (Å²) in [5.41, 5.74) is 2.24. The molecule has 2 N–H and O–H groups in total. The number of rotatable bonds is 4. The van der Waals surface area contributed by atoms with Crippen LogP contribution in [-0.2, 0) is 17.6 Å². The van der Waals surface area contributed by atoms with Crippen molar-refractivity contribution in [3.8, 4) is 0 Å². The van der Waals surface area contributed by atoms with E-state index >= 15 is 0 Å². The van der Waals surface area contributed by atoms with E-state index < -0.39 is 0 Å². The zero-order chi connectivity index (χ0) is 14.5. The molecule has 1 aliphatic heterocycles. The molecule has 2 aromatic carbocycles. The normalized spacial score (nSPS) is 17.2. The summed E-state index contributed by atoms with van der Waals surface area (Å²) >= 11 is 0. The molecule has 1 fully saturated rings. The van der Waals surface area contributed by atoms with Gasteiger partial charge in [-0.3, -0.25) is 4.79 Å². The van der Waals surface area contributed by atoms with Crippen molar-refractivity contribution in [3.63, 3.8) is 0 Å². The molecule has 1 aliphatic rings. The van der Waals surface area contributed by atoms with Crippen LogP contribution >= 0.6 is 0 Å². The first-order valence-corrected chi connectivity index (χ1v) is 7.35. The van der Waals surface area contributed by atoms with E-state index in [1.165, 1.54) is 11.1 Å². The zero-order valence-electron chi connectivity index (χ0n) is 12.0. The molecule has 0 spiro atoms. The Bertz CT molecular complexity index is 554. The molecule has 0 bridgehead atoms. The van der Waals surface area contributed by atoms with Gasteiger partial charge in [0.15, 0.2) is 0 Å². The monoisotopic (exact) mass is 280 g/mol. The summed E-state index contributed by atoms with van der Waals surface area (Å²) in [6.45, 7) is 1.20. The minimum Gasteiger partial charge on any atom is -0.348 e. The number of nitrogens with one attached hydrogen (secondary N) is 2. The highest BCUT2D eigenvalue weighted by Gasteiger charge is 2.35. The average molecular weight is 280 g/mol. The Morgan fingerprint density at radius 2 is 1.38 bits per heavy atom. The molecular formula is C18H20N2O. The van der Waals surface area contributed by atoms with Gasteiger partial charge in [0.2, 0.25) is 5.91 Å². The van der Waals surface area contributed by atoms with Crippen LogP contribution in [0.4, 0.5) is 0 Å². The van der Waals surface area contributed by atoms with E-state index in [0.29, 0.717) is 6.54 Å². The fraction of sp³-hybridized carbons (Fsp3) is 0.278. The van der Waals surface area contributed by atoms with Crippen molar-refractivity contribution in [1.29, 1.82) is 0 Å². The lowest BCUT2D eigenvalue weighted by atomic mass is 9.83. The SMILES string of the molecule is O=C1CNCC(Cc2ccccc2)(Cc2ccccc2)N1. The highest BCUT2D eigenvalue weighted by molar-refractivity contribution is 5.80. The summed E-state index contributed by atoms with van der Waals surface area (Å²) in [4.78, 5) is 11.9. The van der Waals surface area contributed by atoms with Crippen LogP contribution in [-0.4, -0.2) is 24.5 Å². The summed E-state index contributed by atoms with van der Waals surface area (Å²) in [6.07, 6.45) is 1.67. The third-order valence-corrected chi connectivity index (χ3v) is 3.92. The van der Waals surface area contributed by atoms with Crippen LogP contribution in [0.3, 0.4) is 0 Å². The maximum absolute atomic E-state index is 11.9. The summed E-state index contributed by atoms with van der Waals surface area (Å²) in [5.74, 6) is 0.0770. The van der Waals surface area contributed by atoms with Crippen LogP contribution in [0.5, 0.6) is 0 Å². The molecule has 1 heterocycles. The van der Waals surface area contributed by atoms with Crippen molar-refractivity contribution < 1.29 is 4.79 Å². The first-order chi connectivity index (χ1) is 10.3. The van der Waals surface area contributed by atoms with Gasteiger partial charge in [-0.1, -0.05) is 60.7 Å². The fourth-order valence-corrected chi connectivity index (χ4v) is 3.05. The van der Waals surface area contributed by atoms with Gasteiger partial charge in [-0.15, -0.1) is 0 Å². The number of carbonyl (C=O) groups excluding carboxylic acids is 1. The van der Waals surface area contributed by atoms with E-state index in [-0.39, 0.29) is 11.4 Å². The van der Waals surface area contributed by atoms with Crippen molar-refractivity contribution in [2.75, 3.05) is 13.1 Å². The van der Waals surface area contributed by atoms with E-state index in [1.54, 1.807) is 0 Å². The number of piperazine rings is 1. The highest BCUT2D eigenvalue weighted by Crippen LogP contribution is 2.20. The van der Waals surface area contributed by atoms with E-state index in [9.17, 15) is 4.79 Å². The lowest BCUT2D eigenvalue weighted by Gasteiger charge is -2.39. The quantitative estimate of drug-likeness (QED) is 0.898. The Morgan fingerprint density at radius 1 is 0.857 bits per heavy atom. The van der Waals surface area contributed by atoms with Crippen molar-refractivity contribution >= 4 is 5.91 Å². The van der Waals surface area contributed by atoms with Crippen LogP contribution < -0.4 is 10.6 Å². The predicted molar refractivity (Wildman–Crippen MR) is 84.0 cm³/mol. The first-order valence-electron chi connectivity index (χ1n) is 7.35. The minimum atomic E-state index is -0.252. The summed E-state index contributed by atoms with van der Waals surface area (Å²) in [6, 6.07) is 20.7. The molecule has 21 heavy (non-hydrogen) atoms. The first kappa shape index (κ1) is 13.8.